The van der Waals surface area contributed by atoms with E-state index >= 15 is 0 Å². The molecule has 0 saturated carbocycles. The molecule has 0 bridgehead atoms. The Morgan fingerprint density at radius 2 is 2.64 bits per heavy atom. The molecular weight excluding hydrogens is 142 g/mol. The zero-order valence-electron chi connectivity index (χ0n) is 6.22. The van der Waals surface area contributed by atoms with Gasteiger partial charge in [-0.3, -0.25) is 4.79 Å². The Kier molecular flexibility index (Phi) is 2.06. The molecule has 0 radical (unpaired) electrons. The van der Waals surface area contributed by atoms with Gasteiger partial charge in [0.25, 0.3) is 5.91 Å². The molecule has 1 rings (SSSR count). The van der Waals surface area contributed by atoms with E-state index in [4.69, 9.17) is 0 Å². The minimum absolute atomic E-state index is 0.237. The highest BCUT2D eigenvalue weighted by Crippen LogP contribution is 1.98. The van der Waals surface area contributed by atoms with Crippen molar-refractivity contribution in [1.82, 2.24) is 15.3 Å². The molecule has 1 amide bonds. The Bertz CT molecular complexity index is 277. The van der Waals surface area contributed by atoms with Crippen molar-refractivity contribution < 1.29 is 4.79 Å². The zero-order chi connectivity index (χ0) is 8.27. The highest BCUT2D eigenvalue weighted by atomic mass is 16.1. The van der Waals surface area contributed by atoms with Gasteiger partial charge < -0.3 is 10.3 Å². The zero-order valence-corrected chi connectivity index (χ0v) is 6.22. The molecule has 0 aliphatic rings. The van der Waals surface area contributed by atoms with Crippen LogP contribution in [0.2, 0.25) is 0 Å². The summed E-state index contributed by atoms with van der Waals surface area (Å²) in [6, 6.07) is 0. The molecule has 0 spiro atoms. The molecule has 1 aromatic heterocycles. The predicted octanol–water partition coefficient (Wildman–Crippen LogP) is 0.591. The van der Waals surface area contributed by atoms with Crippen LogP contribution in [0.3, 0.4) is 0 Å². The summed E-state index contributed by atoms with van der Waals surface area (Å²) in [5.74, 6) is -0.237. The van der Waals surface area contributed by atoms with Crippen LogP contribution in [0, 0.1) is 6.92 Å². The summed E-state index contributed by atoms with van der Waals surface area (Å²) in [4.78, 5) is 17.7. The van der Waals surface area contributed by atoms with Crippen LogP contribution >= 0.6 is 0 Å². The summed E-state index contributed by atoms with van der Waals surface area (Å²) in [7, 11) is 0. The van der Waals surface area contributed by atoms with Crippen molar-refractivity contribution in [3.8, 4) is 0 Å². The lowest BCUT2D eigenvalue weighted by molar-refractivity contribution is 0.0965. The molecule has 0 aliphatic heterocycles. The van der Waals surface area contributed by atoms with Crippen molar-refractivity contribution in [2.24, 2.45) is 0 Å². The van der Waals surface area contributed by atoms with Crippen molar-refractivity contribution >= 4 is 5.91 Å². The van der Waals surface area contributed by atoms with E-state index in [1.54, 1.807) is 6.92 Å². The number of imidazole rings is 1. The highest BCUT2D eigenvalue weighted by molar-refractivity contribution is 5.93. The first-order valence-electron chi connectivity index (χ1n) is 3.17. The summed E-state index contributed by atoms with van der Waals surface area (Å²) >= 11 is 0. The molecule has 1 aromatic rings. The summed E-state index contributed by atoms with van der Waals surface area (Å²) < 4.78 is 0. The maximum Gasteiger partial charge on any atom is 0.275 e. The molecule has 11 heavy (non-hydrogen) atoms. The van der Waals surface area contributed by atoms with Crippen LogP contribution in [0.5, 0.6) is 0 Å². The highest BCUT2D eigenvalue weighted by Gasteiger charge is 2.08. The number of aromatic nitrogens is 2. The van der Waals surface area contributed by atoms with E-state index < -0.39 is 0 Å². The van der Waals surface area contributed by atoms with Gasteiger partial charge in [0.2, 0.25) is 0 Å². The second kappa shape index (κ2) is 3.01. The quantitative estimate of drug-likeness (QED) is 0.650. The van der Waals surface area contributed by atoms with Crippen LogP contribution in [0.25, 0.3) is 0 Å². The topological polar surface area (TPSA) is 57.8 Å². The molecule has 0 aliphatic carbocycles. The fourth-order valence-electron chi connectivity index (χ4n) is 0.749. The molecule has 0 aromatic carbocycles. The van der Waals surface area contributed by atoms with Gasteiger partial charge in [-0.25, -0.2) is 4.98 Å². The molecule has 1 heterocycles. The third-order valence-corrected chi connectivity index (χ3v) is 1.28. The number of aryl methyl sites for hydroxylation is 1. The van der Waals surface area contributed by atoms with Gasteiger partial charge in [0.15, 0.2) is 0 Å². The lowest BCUT2D eigenvalue weighted by Crippen LogP contribution is -2.17. The average Bonchev–Trinajstić information content (AvgIpc) is 2.36. The fraction of sp³-hybridized carbons (Fsp3) is 0.143. The van der Waals surface area contributed by atoms with Gasteiger partial charge in [-0.05, 0) is 13.1 Å². The number of aromatic amines is 1. The first-order valence-corrected chi connectivity index (χ1v) is 3.17. The first-order chi connectivity index (χ1) is 5.25. The van der Waals surface area contributed by atoms with Crippen LogP contribution in [0.4, 0.5) is 0 Å². The Labute approximate surface area is 64.3 Å². The molecule has 0 atom stereocenters. The van der Waals surface area contributed by atoms with Gasteiger partial charge >= 0.3 is 0 Å². The monoisotopic (exact) mass is 151 g/mol. The maximum absolute atomic E-state index is 11.1. The summed E-state index contributed by atoms with van der Waals surface area (Å²) in [6.07, 6.45) is 2.81. The average molecular weight is 151 g/mol. The van der Waals surface area contributed by atoms with Gasteiger partial charge in [-0.1, -0.05) is 6.58 Å². The lowest BCUT2D eigenvalue weighted by Gasteiger charge is -1.94. The fourth-order valence-corrected chi connectivity index (χ4v) is 0.749. The van der Waals surface area contributed by atoms with Gasteiger partial charge in [0, 0.05) is 5.69 Å². The number of carbonyl (C=O) groups is 1. The Morgan fingerprint density at radius 3 is 3.09 bits per heavy atom. The van der Waals surface area contributed by atoms with E-state index in [0.29, 0.717) is 5.69 Å². The van der Waals surface area contributed by atoms with Gasteiger partial charge in [0.1, 0.15) is 5.69 Å². The number of nitrogens with one attached hydrogen (secondary N) is 2. The Balaban J connectivity index is 2.83. The molecule has 0 saturated heterocycles. The molecule has 58 valence electrons. The van der Waals surface area contributed by atoms with Gasteiger partial charge in [0.05, 0.1) is 6.33 Å². The number of H-pyrrole nitrogens is 1. The number of hydrogen-bond donors (Lipinski definition) is 2. The molecule has 4 heteroatoms. The lowest BCUT2D eigenvalue weighted by atomic mass is 10.3. The van der Waals surface area contributed by atoms with Crippen LogP contribution in [-0.4, -0.2) is 15.9 Å². The summed E-state index contributed by atoms with van der Waals surface area (Å²) in [5, 5.41) is 2.43. The second-order valence-electron chi connectivity index (χ2n) is 2.05. The number of carbonyl (C=O) groups excluding carboxylic acids is 1. The number of hydrogen-bond acceptors (Lipinski definition) is 2. The van der Waals surface area contributed by atoms with E-state index in [-0.39, 0.29) is 5.91 Å². The molecule has 0 fully saturated rings. The maximum atomic E-state index is 11.1. The Morgan fingerprint density at radius 1 is 1.91 bits per heavy atom. The van der Waals surface area contributed by atoms with Gasteiger partial charge in [-0.2, -0.15) is 0 Å². The third kappa shape index (κ3) is 1.46. The minimum atomic E-state index is -0.237. The van der Waals surface area contributed by atoms with E-state index in [9.17, 15) is 4.79 Å². The van der Waals surface area contributed by atoms with Crippen molar-refractivity contribution in [1.29, 1.82) is 0 Å². The third-order valence-electron chi connectivity index (χ3n) is 1.28. The number of nitrogens with zero attached hydrogens (tertiary/aromatic N) is 1. The van der Waals surface area contributed by atoms with Crippen LogP contribution in [0.1, 0.15) is 16.2 Å². The largest absolute Gasteiger partial charge is 0.348 e. The summed E-state index contributed by atoms with van der Waals surface area (Å²) in [5.41, 5.74) is 1.16. The van der Waals surface area contributed by atoms with E-state index in [0.717, 1.165) is 5.69 Å². The van der Waals surface area contributed by atoms with Crippen molar-refractivity contribution in [3.05, 3.63) is 30.5 Å². The smallest absolute Gasteiger partial charge is 0.275 e. The van der Waals surface area contributed by atoms with Crippen LogP contribution in [0.15, 0.2) is 19.1 Å². The SMILES string of the molecule is C=CNC(=O)c1nc[nH]c1C. The number of amides is 1. The van der Waals surface area contributed by atoms with Crippen molar-refractivity contribution in [3.63, 3.8) is 0 Å². The first kappa shape index (κ1) is 7.53. The van der Waals surface area contributed by atoms with Crippen molar-refractivity contribution in [2.45, 2.75) is 6.92 Å². The van der Waals surface area contributed by atoms with E-state index in [1.165, 1.54) is 12.5 Å². The van der Waals surface area contributed by atoms with Crippen LogP contribution < -0.4 is 5.32 Å². The van der Waals surface area contributed by atoms with Crippen molar-refractivity contribution in [2.75, 3.05) is 0 Å². The molecule has 2 N–H and O–H groups in total. The predicted molar refractivity (Wildman–Crippen MR) is 41.0 cm³/mol. The van der Waals surface area contributed by atoms with E-state index in [2.05, 4.69) is 21.9 Å². The standard InChI is InChI=1S/C7H9N3O/c1-3-8-7(11)6-5(2)9-4-10-6/h3-4H,1H2,2H3,(H,8,11)(H,9,10). The molecular formula is C7H9N3O. The Hall–Kier alpha value is -1.58. The van der Waals surface area contributed by atoms with Crippen LogP contribution in [-0.2, 0) is 0 Å². The molecule has 4 nitrogen and oxygen atoms in total. The van der Waals surface area contributed by atoms with Gasteiger partial charge in [-0.15, -0.1) is 0 Å². The van der Waals surface area contributed by atoms with E-state index in [1.807, 2.05) is 0 Å². The number of rotatable bonds is 2. The summed E-state index contributed by atoms with van der Waals surface area (Å²) in [6.45, 7) is 5.15. The minimum Gasteiger partial charge on any atom is -0.348 e. The second-order valence-corrected chi connectivity index (χ2v) is 2.05. The molecule has 0 unspecified atom stereocenters. The normalized spacial score (nSPS) is 9.18.